The highest BCUT2D eigenvalue weighted by Crippen LogP contribution is 2.21. The first-order chi connectivity index (χ1) is 29.3. The topological polar surface area (TPSA) is 352 Å². The van der Waals surface area contributed by atoms with E-state index in [0.717, 1.165) is 0 Å². The molecule has 0 bridgehead atoms. The van der Waals surface area contributed by atoms with E-state index in [1.807, 2.05) is 20.8 Å². The third-order valence-electron chi connectivity index (χ3n) is 10.4. The fraction of sp³-hybridized carbons (Fsp3) is 0.634. The van der Waals surface area contributed by atoms with Crippen LogP contribution in [0.25, 0.3) is 0 Å². The Morgan fingerprint density at radius 3 is 1.85 bits per heavy atom. The molecule has 1 aromatic carbocycles. The lowest BCUT2D eigenvalue weighted by molar-refractivity contribution is -0.143. The summed E-state index contributed by atoms with van der Waals surface area (Å²) in [4.78, 5) is 104. The van der Waals surface area contributed by atoms with E-state index in [4.69, 9.17) is 22.9 Å². The Balaban J connectivity index is 2.43. The zero-order valence-corrected chi connectivity index (χ0v) is 36.5. The van der Waals surface area contributed by atoms with E-state index in [0.29, 0.717) is 24.8 Å². The van der Waals surface area contributed by atoms with Crippen LogP contribution in [0.3, 0.4) is 0 Å². The highest BCUT2D eigenvalue weighted by molar-refractivity contribution is 5.97. The van der Waals surface area contributed by atoms with E-state index in [1.165, 1.54) is 17.0 Å². The van der Waals surface area contributed by atoms with Crippen LogP contribution in [0.15, 0.2) is 34.3 Å². The SMILES string of the molecule is CCC(=O)N[C@@H](CCCN=C(N)N)C(=O)N[C@@H](CCCN=C(N)N)C(=O)N1CCC[C@H]1C(=O)N[C@@H](Cc1ccc(O)cc1)C(=O)N[C@H](C(=O)N[C@@H](CC(C)C)C(=O)O)[C@@H](C)CC. The van der Waals surface area contributed by atoms with Gasteiger partial charge in [0.25, 0.3) is 0 Å². The number of benzene rings is 1. The first-order valence-corrected chi connectivity index (χ1v) is 21.2. The molecule has 1 aliphatic heterocycles. The summed E-state index contributed by atoms with van der Waals surface area (Å²) >= 11 is 0. The third kappa shape index (κ3) is 17.8. The van der Waals surface area contributed by atoms with Crippen LogP contribution in [-0.4, -0.2) is 124 Å². The van der Waals surface area contributed by atoms with Crippen molar-refractivity contribution in [1.82, 2.24) is 31.5 Å². The van der Waals surface area contributed by atoms with Crippen molar-refractivity contribution in [3.8, 4) is 5.75 Å². The number of carbonyl (C=O) groups is 7. The zero-order valence-electron chi connectivity index (χ0n) is 36.5. The molecule has 62 heavy (non-hydrogen) atoms. The second-order valence-electron chi connectivity index (χ2n) is 16.0. The van der Waals surface area contributed by atoms with Crippen molar-refractivity contribution in [1.29, 1.82) is 0 Å². The molecule has 2 rings (SSSR count). The Hall–Kier alpha value is -6.15. The van der Waals surface area contributed by atoms with E-state index in [9.17, 15) is 43.8 Å². The second-order valence-corrected chi connectivity index (χ2v) is 16.0. The van der Waals surface area contributed by atoms with Crippen LogP contribution in [0.1, 0.15) is 98.0 Å². The molecule has 0 unspecified atom stereocenters. The highest BCUT2D eigenvalue weighted by atomic mass is 16.4. The van der Waals surface area contributed by atoms with Crippen molar-refractivity contribution in [2.45, 2.75) is 135 Å². The first kappa shape index (κ1) is 52.0. The number of phenols is 1. The summed E-state index contributed by atoms with van der Waals surface area (Å²) in [5.74, 6) is -5.71. The van der Waals surface area contributed by atoms with Crippen LogP contribution < -0.4 is 49.5 Å². The predicted molar refractivity (Wildman–Crippen MR) is 233 cm³/mol. The average molecular weight is 873 g/mol. The number of phenolic OH excluding ortho intramolecular Hbond substituents is 1. The van der Waals surface area contributed by atoms with E-state index < -0.39 is 83.6 Å². The molecular weight excluding hydrogens is 805 g/mol. The highest BCUT2D eigenvalue weighted by Gasteiger charge is 2.40. The minimum absolute atomic E-state index is 0.0215. The molecule has 6 amide bonds. The number of nitrogens with zero attached hydrogens (tertiary/aromatic N) is 3. The van der Waals surface area contributed by atoms with Gasteiger partial charge in [0.2, 0.25) is 35.4 Å². The number of carboxylic acid groups (broad SMARTS) is 1. The number of guanidine groups is 2. The summed E-state index contributed by atoms with van der Waals surface area (Å²) in [7, 11) is 0. The van der Waals surface area contributed by atoms with Gasteiger partial charge in [0.1, 0.15) is 42.0 Å². The summed E-state index contributed by atoms with van der Waals surface area (Å²) in [6, 6.07) is -0.921. The zero-order chi connectivity index (χ0) is 46.5. The Morgan fingerprint density at radius 2 is 1.32 bits per heavy atom. The van der Waals surface area contributed by atoms with Gasteiger partial charge in [-0.3, -0.25) is 38.8 Å². The standard InChI is InChI=1S/C41H68N12O9/c1-6-24(5)33(37(59)51-30(39(61)62)21-23(3)4)52-35(57)29(22-25-14-16-26(54)17-15-25)50-36(58)31-13-10-20-53(31)38(60)28(12-9-19-47-41(44)45)49-34(56)27(48-32(55)7-2)11-8-18-46-40(42)43/h14-17,23-24,27-31,33,54H,6-13,18-22H2,1-5H3,(H,48,55)(H,49,56)(H,50,58)(H,51,59)(H,52,57)(H,61,62)(H4,42,43,46)(H4,44,45,47)/t24-,27-,28-,29-,30-,31-,33-/m0/s1. The number of aliphatic imine (C=N–C) groups is 2. The summed E-state index contributed by atoms with van der Waals surface area (Å²) in [5.41, 5.74) is 22.4. The predicted octanol–water partition coefficient (Wildman–Crippen LogP) is -0.956. The normalized spacial score (nSPS) is 16.4. The molecule has 1 aromatic rings. The fourth-order valence-corrected chi connectivity index (χ4v) is 6.86. The lowest BCUT2D eigenvalue weighted by atomic mass is 9.96. The smallest absolute Gasteiger partial charge is 0.326 e. The molecule has 1 heterocycles. The van der Waals surface area contributed by atoms with Crippen molar-refractivity contribution >= 4 is 53.3 Å². The van der Waals surface area contributed by atoms with Gasteiger partial charge in [0.15, 0.2) is 11.9 Å². The Morgan fingerprint density at radius 1 is 0.758 bits per heavy atom. The number of carbonyl (C=O) groups excluding carboxylic acids is 6. The molecule has 0 aromatic heterocycles. The number of hydrogen-bond acceptors (Lipinski definition) is 10. The van der Waals surface area contributed by atoms with Crippen molar-refractivity contribution in [2.75, 3.05) is 19.6 Å². The maximum absolute atomic E-state index is 14.4. The monoisotopic (exact) mass is 873 g/mol. The van der Waals surface area contributed by atoms with Gasteiger partial charge in [-0.1, -0.05) is 53.2 Å². The van der Waals surface area contributed by atoms with Gasteiger partial charge in [0, 0.05) is 32.5 Å². The molecule has 21 nitrogen and oxygen atoms in total. The van der Waals surface area contributed by atoms with E-state index >= 15 is 0 Å². The molecule has 1 saturated heterocycles. The van der Waals surface area contributed by atoms with Crippen LogP contribution in [0.2, 0.25) is 0 Å². The number of nitrogens with two attached hydrogens (primary N) is 4. The van der Waals surface area contributed by atoms with Gasteiger partial charge in [-0.2, -0.15) is 0 Å². The third-order valence-corrected chi connectivity index (χ3v) is 10.4. The number of amides is 6. The Labute approximate surface area is 363 Å². The van der Waals surface area contributed by atoms with Gasteiger partial charge >= 0.3 is 5.97 Å². The van der Waals surface area contributed by atoms with Crippen LogP contribution in [0.5, 0.6) is 5.75 Å². The molecular formula is C41H68N12O9. The molecule has 0 aliphatic carbocycles. The van der Waals surface area contributed by atoms with Gasteiger partial charge in [-0.25, -0.2) is 4.79 Å². The van der Waals surface area contributed by atoms with Crippen molar-refractivity contribution in [3.05, 3.63) is 29.8 Å². The minimum atomic E-state index is -1.29. The van der Waals surface area contributed by atoms with E-state index in [-0.39, 0.29) is 88.2 Å². The second kappa shape index (κ2) is 26.2. The van der Waals surface area contributed by atoms with Gasteiger partial charge in [-0.15, -0.1) is 0 Å². The molecule has 1 fully saturated rings. The fourth-order valence-electron chi connectivity index (χ4n) is 6.86. The van der Waals surface area contributed by atoms with Crippen molar-refractivity contribution in [2.24, 2.45) is 44.8 Å². The van der Waals surface area contributed by atoms with Gasteiger partial charge in [-0.05, 0) is 74.5 Å². The summed E-state index contributed by atoms with van der Waals surface area (Å²) in [6.45, 7) is 9.30. The molecule has 1 aliphatic rings. The van der Waals surface area contributed by atoms with Gasteiger partial charge in [0.05, 0.1) is 0 Å². The summed E-state index contributed by atoms with van der Waals surface area (Å²) < 4.78 is 0. The number of hydrogen-bond donors (Lipinski definition) is 11. The largest absolute Gasteiger partial charge is 0.508 e. The quantitative estimate of drug-likeness (QED) is 0.0304. The lowest BCUT2D eigenvalue weighted by Crippen LogP contribution is -2.60. The molecule has 21 heteroatoms. The van der Waals surface area contributed by atoms with Crippen LogP contribution in [-0.2, 0) is 40.0 Å². The number of aliphatic carboxylic acids is 1. The van der Waals surface area contributed by atoms with Crippen LogP contribution in [0.4, 0.5) is 0 Å². The lowest BCUT2D eigenvalue weighted by Gasteiger charge is -2.31. The molecule has 346 valence electrons. The summed E-state index contributed by atoms with van der Waals surface area (Å²) in [5, 5.41) is 33.2. The molecule has 0 spiro atoms. The maximum Gasteiger partial charge on any atom is 0.326 e. The Kier molecular flexibility index (Phi) is 22.0. The Bertz CT molecular complexity index is 1730. The van der Waals surface area contributed by atoms with Crippen molar-refractivity contribution < 1.29 is 43.8 Å². The maximum atomic E-state index is 14.4. The number of likely N-dealkylation sites (tertiary alicyclic amines) is 1. The number of carboxylic acids is 1. The molecule has 0 radical (unpaired) electrons. The van der Waals surface area contributed by atoms with Crippen molar-refractivity contribution in [3.63, 3.8) is 0 Å². The van der Waals surface area contributed by atoms with Crippen LogP contribution >= 0.6 is 0 Å². The molecule has 15 N–H and O–H groups in total. The molecule has 0 saturated carbocycles. The number of nitrogens with one attached hydrogen (secondary N) is 5. The van der Waals surface area contributed by atoms with Gasteiger partial charge < -0.3 is 64.6 Å². The van der Waals surface area contributed by atoms with Crippen LogP contribution in [0, 0.1) is 11.8 Å². The number of rotatable bonds is 26. The first-order valence-electron chi connectivity index (χ1n) is 21.2. The average Bonchev–Trinajstić information content (AvgIpc) is 3.71. The number of aromatic hydroxyl groups is 1. The van der Waals surface area contributed by atoms with E-state index in [1.54, 1.807) is 26.0 Å². The summed E-state index contributed by atoms with van der Waals surface area (Å²) in [6.07, 6.45) is 2.10. The minimum Gasteiger partial charge on any atom is -0.508 e. The van der Waals surface area contributed by atoms with E-state index in [2.05, 4.69) is 36.6 Å². The molecule has 7 atom stereocenters.